The topological polar surface area (TPSA) is 79.3 Å². The number of nitrogens with one attached hydrogen (secondary N) is 1. The highest BCUT2D eigenvalue weighted by Gasteiger charge is 2.20. The number of nitrogens with zero attached hydrogens (tertiary/aromatic N) is 1. The Morgan fingerprint density at radius 3 is 2.65 bits per heavy atom. The number of carboxylic acids is 1. The SMILES string of the molecule is CC(=O)c1sc(NCCc2ccc(Br)s2)nc1C(=O)O. The molecule has 2 N–H and O–H groups in total. The van der Waals surface area contributed by atoms with E-state index in [0.717, 1.165) is 21.5 Å². The first kappa shape index (κ1) is 15.1. The van der Waals surface area contributed by atoms with Crippen molar-refractivity contribution in [3.8, 4) is 0 Å². The van der Waals surface area contributed by atoms with Crippen LogP contribution in [0.2, 0.25) is 0 Å². The van der Waals surface area contributed by atoms with Crippen LogP contribution in [0.15, 0.2) is 15.9 Å². The predicted octanol–water partition coefficient (Wildman–Crippen LogP) is 3.52. The van der Waals surface area contributed by atoms with E-state index >= 15 is 0 Å². The Morgan fingerprint density at radius 2 is 2.15 bits per heavy atom. The van der Waals surface area contributed by atoms with E-state index in [4.69, 9.17) is 5.11 Å². The van der Waals surface area contributed by atoms with Crippen LogP contribution in [0, 0.1) is 0 Å². The van der Waals surface area contributed by atoms with Crippen LogP contribution in [0.1, 0.15) is 32.0 Å². The monoisotopic (exact) mass is 374 g/mol. The van der Waals surface area contributed by atoms with Gasteiger partial charge in [0.1, 0.15) is 4.88 Å². The van der Waals surface area contributed by atoms with Gasteiger partial charge in [0.25, 0.3) is 0 Å². The molecular weight excluding hydrogens is 364 g/mol. The number of ketones is 1. The first-order valence-electron chi connectivity index (χ1n) is 5.70. The number of aromatic carboxylic acids is 1. The molecule has 0 amide bonds. The van der Waals surface area contributed by atoms with E-state index in [0.29, 0.717) is 11.7 Å². The number of Topliss-reactive ketones (excluding diaryl/α,β-unsaturated/α-hetero) is 1. The van der Waals surface area contributed by atoms with Crippen molar-refractivity contribution in [2.24, 2.45) is 0 Å². The molecular formula is C12H11BrN2O3S2. The number of carbonyl (C=O) groups excluding carboxylic acids is 1. The zero-order chi connectivity index (χ0) is 14.7. The fraction of sp³-hybridized carbons (Fsp3) is 0.250. The second kappa shape index (κ2) is 6.47. The van der Waals surface area contributed by atoms with Gasteiger partial charge in [-0.1, -0.05) is 11.3 Å². The number of hydrogen-bond donors (Lipinski definition) is 2. The second-order valence-corrected chi connectivity index (χ2v) is 7.49. The van der Waals surface area contributed by atoms with E-state index in [-0.39, 0.29) is 16.4 Å². The zero-order valence-electron chi connectivity index (χ0n) is 10.5. The van der Waals surface area contributed by atoms with Crippen molar-refractivity contribution in [3.05, 3.63) is 31.4 Å². The molecule has 8 heteroatoms. The summed E-state index contributed by atoms with van der Waals surface area (Å²) in [6, 6.07) is 4.02. The Kier molecular flexibility index (Phi) is 4.90. The molecule has 0 aromatic carbocycles. The summed E-state index contributed by atoms with van der Waals surface area (Å²) < 4.78 is 1.08. The van der Waals surface area contributed by atoms with Crippen LogP contribution in [0.5, 0.6) is 0 Å². The van der Waals surface area contributed by atoms with Gasteiger partial charge in [0.15, 0.2) is 16.6 Å². The zero-order valence-corrected chi connectivity index (χ0v) is 13.7. The van der Waals surface area contributed by atoms with Crippen molar-refractivity contribution in [2.45, 2.75) is 13.3 Å². The first-order valence-corrected chi connectivity index (χ1v) is 8.13. The van der Waals surface area contributed by atoms with Crippen molar-refractivity contribution in [3.63, 3.8) is 0 Å². The van der Waals surface area contributed by atoms with Crippen LogP contribution in [0.3, 0.4) is 0 Å². The molecule has 0 saturated heterocycles. The van der Waals surface area contributed by atoms with Gasteiger partial charge >= 0.3 is 5.97 Å². The molecule has 0 spiro atoms. The molecule has 0 fully saturated rings. The predicted molar refractivity (Wildman–Crippen MR) is 83.3 cm³/mol. The molecule has 0 saturated carbocycles. The maximum atomic E-state index is 11.4. The molecule has 0 radical (unpaired) electrons. The van der Waals surface area contributed by atoms with Crippen molar-refractivity contribution < 1.29 is 14.7 Å². The second-order valence-electron chi connectivity index (χ2n) is 3.94. The molecule has 0 bridgehead atoms. The normalized spacial score (nSPS) is 10.5. The van der Waals surface area contributed by atoms with Crippen LogP contribution < -0.4 is 5.32 Å². The summed E-state index contributed by atoms with van der Waals surface area (Å²) in [5.41, 5.74) is -0.177. The number of carboxylic acid groups (broad SMARTS) is 1. The maximum Gasteiger partial charge on any atom is 0.356 e. The van der Waals surface area contributed by atoms with Crippen LogP contribution in [-0.4, -0.2) is 28.4 Å². The molecule has 5 nitrogen and oxygen atoms in total. The number of rotatable bonds is 6. The van der Waals surface area contributed by atoms with Gasteiger partial charge in [0, 0.05) is 18.3 Å². The largest absolute Gasteiger partial charge is 0.476 e. The minimum Gasteiger partial charge on any atom is -0.476 e. The minimum atomic E-state index is -1.18. The van der Waals surface area contributed by atoms with Gasteiger partial charge in [-0.25, -0.2) is 9.78 Å². The number of carbonyl (C=O) groups is 2. The molecule has 0 aliphatic rings. The highest BCUT2D eigenvalue weighted by molar-refractivity contribution is 9.11. The van der Waals surface area contributed by atoms with E-state index in [1.54, 1.807) is 11.3 Å². The van der Waals surface area contributed by atoms with E-state index in [1.165, 1.54) is 11.8 Å². The Labute approximate surface area is 131 Å². The van der Waals surface area contributed by atoms with Crippen LogP contribution in [0.25, 0.3) is 0 Å². The Balaban J connectivity index is 2.01. The molecule has 2 aromatic rings. The summed E-state index contributed by atoms with van der Waals surface area (Å²) >= 11 is 6.13. The molecule has 106 valence electrons. The minimum absolute atomic E-state index is 0.177. The van der Waals surface area contributed by atoms with Crippen molar-refractivity contribution >= 4 is 55.5 Å². The number of thiophene rings is 1. The average Bonchev–Trinajstić information content (AvgIpc) is 2.96. The van der Waals surface area contributed by atoms with E-state index in [2.05, 4.69) is 26.2 Å². The van der Waals surface area contributed by atoms with Crippen LogP contribution >= 0.6 is 38.6 Å². The fourth-order valence-corrected chi connectivity index (χ4v) is 3.92. The third kappa shape index (κ3) is 3.65. The maximum absolute atomic E-state index is 11.4. The molecule has 0 atom stereocenters. The third-order valence-electron chi connectivity index (χ3n) is 2.43. The highest BCUT2D eigenvalue weighted by atomic mass is 79.9. The molecule has 0 unspecified atom stereocenters. The number of anilines is 1. The number of aromatic nitrogens is 1. The van der Waals surface area contributed by atoms with E-state index in [9.17, 15) is 9.59 Å². The average molecular weight is 375 g/mol. The standard InChI is InChI=1S/C12H11BrN2O3S2/c1-6(16)10-9(11(17)18)15-12(20-10)14-5-4-7-2-3-8(13)19-7/h2-3H,4-5H2,1H3,(H,14,15)(H,17,18). The summed E-state index contributed by atoms with van der Waals surface area (Å²) in [4.78, 5) is 27.7. The lowest BCUT2D eigenvalue weighted by Crippen LogP contribution is -2.05. The summed E-state index contributed by atoms with van der Waals surface area (Å²) in [5.74, 6) is -1.46. The number of thiazole rings is 1. The lowest BCUT2D eigenvalue weighted by Gasteiger charge is -1.99. The Morgan fingerprint density at radius 1 is 1.40 bits per heavy atom. The lowest BCUT2D eigenvalue weighted by molar-refractivity contribution is 0.0687. The van der Waals surface area contributed by atoms with Crippen molar-refractivity contribution in [1.82, 2.24) is 4.98 Å². The Hall–Kier alpha value is -1.25. The summed E-state index contributed by atoms with van der Waals surface area (Å²) in [7, 11) is 0. The molecule has 20 heavy (non-hydrogen) atoms. The number of hydrogen-bond acceptors (Lipinski definition) is 6. The van der Waals surface area contributed by atoms with Gasteiger partial charge in [0.05, 0.1) is 3.79 Å². The van der Waals surface area contributed by atoms with Gasteiger partial charge in [-0.3, -0.25) is 4.79 Å². The van der Waals surface area contributed by atoms with Gasteiger partial charge in [-0.15, -0.1) is 11.3 Å². The van der Waals surface area contributed by atoms with E-state index in [1.807, 2.05) is 12.1 Å². The van der Waals surface area contributed by atoms with Gasteiger partial charge < -0.3 is 10.4 Å². The quantitative estimate of drug-likeness (QED) is 0.756. The summed E-state index contributed by atoms with van der Waals surface area (Å²) in [5, 5.41) is 12.5. The summed E-state index contributed by atoms with van der Waals surface area (Å²) in [6.45, 7) is 1.98. The van der Waals surface area contributed by atoms with Gasteiger partial charge in [0.2, 0.25) is 0 Å². The number of halogens is 1. The van der Waals surface area contributed by atoms with Crippen LogP contribution in [0.4, 0.5) is 5.13 Å². The van der Waals surface area contributed by atoms with Gasteiger partial charge in [-0.05, 0) is 34.5 Å². The van der Waals surface area contributed by atoms with Crippen LogP contribution in [-0.2, 0) is 6.42 Å². The highest BCUT2D eigenvalue weighted by Crippen LogP contribution is 2.25. The van der Waals surface area contributed by atoms with Crippen molar-refractivity contribution in [1.29, 1.82) is 0 Å². The fourth-order valence-electron chi connectivity index (χ4n) is 1.56. The molecule has 2 aromatic heterocycles. The van der Waals surface area contributed by atoms with E-state index < -0.39 is 5.97 Å². The molecule has 2 rings (SSSR count). The van der Waals surface area contributed by atoms with Crippen molar-refractivity contribution in [2.75, 3.05) is 11.9 Å². The third-order valence-corrected chi connectivity index (χ3v) is 5.22. The molecule has 2 heterocycles. The Bertz CT molecular complexity index is 619. The lowest BCUT2D eigenvalue weighted by atomic mass is 10.3. The summed E-state index contributed by atoms with van der Waals surface area (Å²) in [6.07, 6.45) is 0.813. The first-order chi connectivity index (χ1) is 9.47. The smallest absolute Gasteiger partial charge is 0.356 e. The molecule has 0 aliphatic carbocycles. The van der Waals surface area contributed by atoms with Gasteiger partial charge in [-0.2, -0.15) is 0 Å². The molecule has 0 aliphatic heterocycles.